The number of thiol groups is 1. The lowest BCUT2D eigenvalue weighted by Crippen LogP contribution is -2.35. The van der Waals surface area contributed by atoms with Crippen molar-refractivity contribution in [2.75, 3.05) is 13.2 Å². The lowest BCUT2D eigenvalue weighted by Gasteiger charge is -2.23. The summed E-state index contributed by atoms with van der Waals surface area (Å²) in [6, 6.07) is 4.11. The first-order valence-corrected chi connectivity index (χ1v) is 6.18. The van der Waals surface area contributed by atoms with Crippen molar-refractivity contribution >= 4 is 18.5 Å². The number of nitrogens with one attached hydrogen (secondary N) is 1. The Labute approximate surface area is 112 Å². The molecule has 1 amide bonds. The molecule has 0 spiro atoms. The average molecular weight is 271 g/mol. The van der Waals surface area contributed by atoms with E-state index >= 15 is 0 Å². The van der Waals surface area contributed by atoms with Crippen LogP contribution in [-0.2, 0) is 0 Å². The number of carbonyl (C=O) groups excluding carboxylic acids is 1. The maximum absolute atomic E-state index is 13.5. The van der Waals surface area contributed by atoms with Gasteiger partial charge >= 0.3 is 0 Å². The number of carbonyl (C=O) groups is 1. The molecule has 0 saturated heterocycles. The highest BCUT2D eigenvalue weighted by atomic mass is 32.1. The van der Waals surface area contributed by atoms with Crippen LogP contribution in [0.15, 0.2) is 23.1 Å². The molecule has 100 valence electrons. The summed E-state index contributed by atoms with van der Waals surface area (Å²) in [5.74, 6) is -1.03. The Kier molecular flexibility index (Phi) is 5.16. The molecule has 18 heavy (non-hydrogen) atoms. The van der Waals surface area contributed by atoms with Crippen molar-refractivity contribution in [2.24, 2.45) is 5.41 Å². The van der Waals surface area contributed by atoms with E-state index in [2.05, 4.69) is 17.9 Å². The Balaban J connectivity index is 2.69. The second kappa shape index (κ2) is 6.20. The Morgan fingerprint density at radius 2 is 2.17 bits per heavy atom. The zero-order valence-corrected chi connectivity index (χ0v) is 11.4. The molecule has 0 heterocycles. The highest BCUT2D eigenvalue weighted by molar-refractivity contribution is 7.80. The normalized spacial score (nSPS) is 11.4. The van der Waals surface area contributed by atoms with Crippen LogP contribution in [-0.4, -0.2) is 24.2 Å². The third-order valence-electron chi connectivity index (χ3n) is 2.71. The fourth-order valence-electron chi connectivity index (χ4n) is 1.49. The van der Waals surface area contributed by atoms with Gasteiger partial charge in [0.1, 0.15) is 5.82 Å². The maximum atomic E-state index is 13.5. The Hall–Kier alpha value is -1.07. The van der Waals surface area contributed by atoms with Crippen LogP contribution in [0.4, 0.5) is 4.39 Å². The lowest BCUT2D eigenvalue weighted by molar-refractivity contribution is 0.0924. The van der Waals surface area contributed by atoms with Crippen LogP contribution < -0.4 is 5.32 Å². The van der Waals surface area contributed by atoms with E-state index in [0.717, 1.165) is 0 Å². The number of aliphatic hydroxyl groups excluding tert-OH is 1. The molecule has 0 aliphatic heterocycles. The number of amides is 1. The lowest BCUT2D eigenvalue weighted by atomic mass is 9.89. The van der Waals surface area contributed by atoms with Crippen molar-refractivity contribution in [2.45, 2.75) is 25.2 Å². The number of halogens is 1. The maximum Gasteiger partial charge on any atom is 0.254 e. The summed E-state index contributed by atoms with van der Waals surface area (Å²) in [6.07, 6.45) is 0.572. The van der Waals surface area contributed by atoms with Crippen LogP contribution in [0, 0.1) is 11.2 Å². The van der Waals surface area contributed by atoms with E-state index < -0.39 is 11.7 Å². The second-order valence-corrected chi connectivity index (χ2v) is 5.50. The van der Waals surface area contributed by atoms with Crippen molar-refractivity contribution in [1.29, 1.82) is 0 Å². The van der Waals surface area contributed by atoms with Gasteiger partial charge < -0.3 is 10.4 Å². The van der Waals surface area contributed by atoms with Crippen LogP contribution in [0.25, 0.3) is 0 Å². The largest absolute Gasteiger partial charge is 0.396 e. The zero-order chi connectivity index (χ0) is 13.8. The number of aliphatic hydroxyl groups is 1. The third-order valence-corrected chi connectivity index (χ3v) is 2.99. The minimum Gasteiger partial charge on any atom is -0.396 e. The fraction of sp³-hybridized carbons (Fsp3) is 0.462. The van der Waals surface area contributed by atoms with Crippen LogP contribution in [0.5, 0.6) is 0 Å². The minimum atomic E-state index is -0.565. The summed E-state index contributed by atoms with van der Waals surface area (Å²) in [5, 5.41) is 11.5. The molecule has 0 aliphatic carbocycles. The number of rotatable bonds is 5. The number of hydrogen-bond donors (Lipinski definition) is 3. The van der Waals surface area contributed by atoms with Crippen molar-refractivity contribution in [3.63, 3.8) is 0 Å². The van der Waals surface area contributed by atoms with E-state index in [1.807, 2.05) is 13.8 Å². The van der Waals surface area contributed by atoms with Crippen LogP contribution in [0.1, 0.15) is 30.6 Å². The molecule has 0 unspecified atom stereocenters. The molecule has 1 rings (SSSR count). The predicted molar refractivity (Wildman–Crippen MR) is 71.5 cm³/mol. The van der Waals surface area contributed by atoms with Gasteiger partial charge in [0.15, 0.2) is 0 Å². The van der Waals surface area contributed by atoms with Gasteiger partial charge in [0.05, 0.1) is 5.56 Å². The van der Waals surface area contributed by atoms with Crippen molar-refractivity contribution in [3.05, 3.63) is 29.6 Å². The van der Waals surface area contributed by atoms with Crippen LogP contribution in [0.2, 0.25) is 0 Å². The van der Waals surface area contributed by atoms with Gasteiger partial charge in [0.2, 0.25) is 0 Å². The molecule has 0 saturated carbocycles. The molecule has 1 aromatic rings. The van der Waals surface area contributed by atoms with Gasteiger partial charge in [-0.25, -0.2) is 4.39 Å². The highest BCUT2D eigenvalue weighted by Gasteiger charge is 2.19. The molecule has 0 fully saturated rings. The van der Waals surface area contributed by atoms with E-state index in [1.165, 1.54) is 18.2 Å². The molecule has 5 heteroatoms. The summed E-state index contributed by atoms with van der Waals surface area (Å²) in [4.78, 5) is 12.4. The molecule has 0 aliphatic rings. The molecule has 0 aromatic heterocycles. The molecule has 2 N–H and O–H groups in total. The third kappa shape index (κ3) is 4.31. The Morgan fingerprint density at radius 1 is 1.50 bits per heavy atom. The Morgan fingerprint density at radius 3 is 2.78 bits per heavy atom. The van der Waals surface area contributed by atoms with Gasteiger partial charge in [-0.05, 0) is 30.0 Å². The van der Waals surface area contributed by atoms with Gasteiger partial charge in [-0.15, -0.1) is 12.6 Å². The number of benzene rings is 1. The quantitative estimate of drug-likeness (QED) is 0.719. The van der Waals surface area contributed by atoms with Gasteiger partial charge in [-0.2, -0.15) is 0 Å². The fourth-order valence-corrected chi connectivity index (χ4v) is 1.70. The zero-order valence-electron chi connectivity index (χ0n) is 10.5. The molecule has 0 bridgehead atoms. The summed E-state index contributed by atoms with van der Waals surface area (Å²) in [7, 11) is 0. The van der Waals surface area contributed by atoms with E-state index in [0.29, 0.717) is 17.9 Å². The predicted octanol–water partition coefficient (Wildman–Crippen LogP) is 2.25. The molecule has 0 radical (unpaired) electrons. The smallest absolute Gasteiger partial charge is 0.254 e. The minimum absolute atomic E-state index is 0.0118. The average Bonchev–Trinajstić information content (AvgIpc) is 2.29. The van der Waals surface area contributed by atoms with Gasteiger partial charge in [0.25, 0.3) is 5.91 Å². The molecule has 1 aromatic carbocycles. The van der Waals surface area contributed by atoms with Gasteiger partial charge in [-0.1, -0.05) is 13.8 Å². The van der Waals surface area contributed by atoms with Crippen molar-refractivity contribution < 1.29 is 14.3 Å². The van der Waals surface area contributed by atoms with Gasteiger partial charge in [0, 0.05) is 18.0 Å². The monoisotopic (exact) mass is 271 g/mol. The summed E-state index contributed by atoms with van der Waals surface area (Å²) >= 11 is 4.07. The van der Waals surface area contributed by atoms with Gasteiger partial charge in [-0.3, -0.25) is 4.79 Å². The second-order valence-electron chi connectivity index (χ2n) is 4.98. The van der Waals surface area contributed by atoms with Crippen molar-refractivity contribution in [3.8, 4) is 0 Å². The van der Waals surface area contributed by atoms with E-state index in [4.69, 9.17) is 5.11 Å². The molecule has 0 atom stereocenters. The summed E-state index contributed by atoms with van der Waals surface area (Å²) < 4.78 is 13.5. The standard InChI is InChI=1S/C13H18FNO2S/c1-13(2,5-6-16)8-15-12(17)10-7-9(18)3-4-11(10)14/h3-4,7,16,18H,5-6,8H2,1-2H3,(H,15,17). The van der Waals surface area contributed by atoms with Crippen LogP contribution >= 0.6 is 12.6 Å². The van der Waals surface area contributed by atoms with E-state index in [1.54, 1.807) is 0 Å². The topological polar surface area (TPSA) is 49.3 Å². The first-order chi connectivity index (χ1) is 8.35. The van der Waals surface area contributed by atoms with E-state index in [-0.39, 0.29) is 17.6 Å². The Bertz CT molecular complexity index is 435. The molecular weight excluding hydrogens is 253 g/mol. The first kappa shape index (κ1) is 15.0. The van der Waals surface area contributed by atoms with Crippen LogP contribution in [0.3, 0.4) is 0 Å². The number of hydrogen-bond acceptors (Lipinski definition) is 3. The first-order valence-electron chi connectivity index (χ1n) is 5.73. The highest BCUT2D eigenvalue weighted by Crippen LogP contribution is 2.19. The van der Waals surface area contributed by atoms with E-state index in [9.17, 15) is 9.18 Å². The molecular formula is C13H18FNO2S. The molecule has 3 nitrogen and oxygen atoms in total. The summed E-state index contributed by atoms with van der Waals surface area (Å²) in [5.41, 5.74) is -0.235. The summed E-state index contributed by atoms with van der Waals surface area (Å²) in [6.45, 7) is 4.29. The van der Waals surface area contributed by atoms with Crippen molar-refractivity contribution in [1.82, 2.24) is 5.32 Å². The SMILES string of the molecule is CC(C)(CCO)CNC(=O)c1cc(S)ccc1F.